The molecule has 8 heteroatoms. The van der Waals surface area contributed by atoms with Crippen LogP contribution in [0.5, 0.6) is 0 Å². The van der Waals surface area contributed by atoms with Gasteiger partial charge in [0.2, 0.25) is 0 Å². The van der Waals surface area contributed by atoms with Gasteiger partial charge in [-0.3, -0.25) is 9.59 Å². The lowest BCUT2D eigenvalue weighted by atomic mass is 10.1. The quantitative estimate of drug-likeness (QED) is 0.437. The predicted octanol–water partition coefficient (Wildman–Crippen LogP) is 4.52. The molecule has 0 heterocycles. The third-order valence-corrected chi connectivity index (χ3v) is 4.65. The Hall–Kier alpha value is -3.48. The fraction of sp³-hybridized carbons (Fsp3) is 0. The third kappa shape index (κ3) is 5.76. The summed E-state index contributed by atoms with van der Waals surface area (Å²) in [6, 6.07) is 20.3. The smallest absolute Gasteiger partial charge is 0.267 e. The second kappa shape index (κ2) is 10.3. The Morgan fingerprint density at radius 1 is 0.633 bits per heavy atom. The molecule has 0 radical (unpaired) electrons. The molecule has 2 N–H and O–H groups in total. The summed E-state index contributed by atoms with van der Waals surface area (Å²) < 4.78 is 0. The fourth-order valence-corrected chi connectivity index (χ4v) is 2.75. The third-order valence-electron chi connectivity index (χ3n) is 3.96. The van der Waals surface area contributed by atoms with Crippen LogP contribution in [-0.2, 0) is 0 Å². The minimum Gasteiger partial charge on any atom is -0.267 e. The minimum absolute atomic E-state index is 0.349. The monoisotopic (exact) mass is 438 g/mol. The van der Waals surface area contributed by atoms with Crippen LogP contribution in [0.4, 0.5) is 0 Å². The molecule has 0 saturated heterocycles. The topological polar surface area (TPSA) is 82.9 Å². The van der Waals surface area contributed by atoms with Crippen LogP contribution >= 0.6 is 23.2 Å². The maximum Gasteiger partial charge on any atom is 0.271 e. The summed E-state index contributed by atoms with van der Waals surface area (Å²) in [6.07, 6.45) is 2.91. The van der Waals surface area contributed by atoms with Crippen LogP contribution < -0.4 is 10.9 Å². The molecule has 0 atom stereocenters. The normalized spacial score (nSPS) is 11.0. The van der Waals surface area contributed by atoms with Crippen molar-refractivity contribution >= 4 is 47.4 Å². The number of carbonyl (C=O) groups excluding carboxylic acids is 2. The highest BCUT2D eigenvalue weighted by atomic mass is 35.5. The molecule has 3 aromatic rings. The van der Waals surface area contributed by atoms with Crippen molar-refractivity contribution in [2.75, 3.05) is 0 Å². The fourth-order valence-electron chi connectivity index (χ4n) is 2.38. The number of hydrogen-bond donors (Lipinski definition) is 2. The molecule has 0 aliphatic heterocycles. The van der Waals surface area contributed by atoms with Gasteiger partial charge < -0.3 is 0 Å². The molecule has 0 spiro atoms. The van der Waals surface area contributed by atoms with Crippen LogP contribution in [0.2, 0.25) is 10.0 Å². The van der Waals surface area contributed by atoms with Crippen LogP contribution in [0.15, 0.2) is 83.0 Å². The Morgan fingerprint density at radius 3 is 1.37 bits per heavy atom. The molecule has 2 amide bonds. The second-order valence-corrected chi connectivity index (χ2v) is 6.83. The van der Waals surface area contributed by atoms with Crippen LogP contribution in [0.3, 0.4) is 0 Å². The summed E-state index contributed by atoms with van der Waals surface area (Å²) in [5.74, 6) is -0.830. The Bertz CT molecular complexity index is 1020. The number of hydrazone groups is 2. The van der Waals surface area contributed by atoms with Gasteiger partial charge in [-0.1, -0.05) is 59.6 Å². The first-order valence-electron chi connectivity index (χ1n) is 8.80. The van der Waals surface area contributed by atoms with E-state index in [1.54, 1.807) is 36.4 Å². The standard InChI is InChI=1S/C22H16Cl2N4O2/c23-19-7-3-1-5-17(19)13-25-27-21(29)15-9-11-16(12-10-15)22(30)28-26-14-18-6-2-4-8-20(18)24/h1-14H,(H,27,29)(H,28,30)/b25-13+,26-14+. The van der Waals surface area contributed by atoms with Crippen molar-refractivity contribution in [3.8, 4) is 0 Å². The predicted molar refractivity (Wildman–Crippen MR) is 119 cm³/mol. The number of nitrogens with one attached hydrogen (secondary N) is 2. The lowest BCUT2D eigenvalue weighted by Gasteiger charge is -2.03. The molecule has 0 aliphatic rings. The van der Waals surface area contributed by atoms with Crippen LogP contribution in [0, 0.1) is 0 Å². The summed E-state index contributed by atoms with van der Waals surface area (Å²) in [6.45, 7) is 0. The van der Waals surface area contributed by atoms with Gasteiger partial charge >= 0.3 is 0 Å². The average Bonchev–Trinajstić information content (AvgIpc) is 2.76. The van der Waals surface area contributed by atoms with Gasteiger partial charge in [-0.25, -0.2) is 10.9 Å². The molecule has 30 heavy (non-hydrogen) atoms. The number of nitrogens with zero attached hydrogens (tertiary/aromatic N) is 2. The minimum atomic E-state index is -0.415. The van der Waals surface area contributed by atoms with Gasteiger partial charge in [0.15, 0.2) is 0 Å². The zero-order valence-corrected chi connectivity index (χ0v) is 17.1. The molecule has 6 nitrogen and oxygen atoms in total. The van der Waals surface area contributed by atoms with E-state index in [1.165, 1.54) is 36.7 Å². The highest BCUT2D eigenvalue weighted by Gasteiger charge is 2.08. The molecule has 0 aromatic heterocycles. The summed E-state index contributed by atoms with van der Waals surface area (Å²) in [5, 5.41) is 8.85. The molecule has 0 bridgehead atoms. The van der Waals surface area contributed by atoms with Gasteiger partial charge in [-0.15, -0.1) is 0 Å². The van der Waals surface area contributed by atoms with Gasteiger partial charge in [-0.05, 0) is 36.4 Å². The van der Waals surface area contributed by atoms with Crippen molar-refractivity contribution in [3.63, 3.8) is 0 Å². The number of carbonyl (C=O) groups is 2. The summed E-state index contributed by atoms with van der Waals surface area (Å²) in [4.78, 5) is 24.3. The second-order valence-electron chi connectivity index (χ2n) is 6.02. The summed E-state index contributed by atoms with van der Waals surface area (Å²) in [7, 11) is 0. The Morgan fingerprint density at radius 2 is 1.00 bits per heavy atom. The van der Waals surface area contributed by atoms with Crippen molar-refractivity contribution in [1.82, 2.24) is 10.9 Å². The summed E-state index contributed by atoms with van der Waals surface area (Å²) >= 11 is 12.0. The zero-order valence-electron chi connectivity index (χ0n) is 15.5. The first-order valence-corrected chi connectivity index (χ1v) is 9.56. The number of rotatable bonds is 6. The lowest BCUT2D eigenvalue weighted by Crippen LogP contribution is -2.19. The maximum absolute atomic E-state index is 12.2. The molecular weight excluding hydrogens is 423 g/mol. The van der Waals surface area contributed by atoms with E-state index in [0.29, 0.717) is 32.3 Å². The van der Waals surface area contributed by atoms with Gasteiger partial charge in [0, 0.05) is 32.3 Å². The van der Waals surface area contributed by atoms with Gasteiger partial charge in [0.25, 0.3) is 11.8 Å². The molecule has 0 saturated carbocycles. The van der Waals surface area contributed by atoms with Gasteiger partial charge in [0.1, 0.15) is 0 Å². The molecule has 0 fully saturated rings. The van der Waals surface area contributed by atoms with Crippen molar-refractivity contribution in [3.05, 3.63) is 105 Å². The number of amides is 2. The molecule has 3 rings (SSSR count). The number of benzene rings is 3. The highest BCUT2D eigenvalue weighted by Crippen LogP contribution is 2.13. The van der Waals surface area contributed by atoms with E-state index in [9.17, 15) is 9.59 Å². The number of hydrogen-bond acceptors (Lipinski definition) is 4. The van der Waals surface area contributed by atoms with Gasteiger partial charge in [-0.2, -0.15) is 10.2 Å². The first-order chi connectivity index (χ1) is 14.5. The van der Waals surface area contributed by atoms with E-state index in [-0.39, 0.29) is 0 Å². The van der Waals surface area contributed by atoms with Gasteiger partial charge in [0.05, 0.1) is 12.4 Å². The average molecular weight is 439 g/mol. The molecule has 0 aliphatic carbocycles. The Kier molecular flexibility index (Phi) is 7.32. The maximum atomic E-state index is 12.2. The van der Waals surface area contributed by atoms with Crippen molar-refractivity contribution in [1.29, 1.82) is 0 Å². The Labute approximate surface area is 183 Å². The van der Waals surface area contributed by atoms with Crippen molar-refractivity contribution in [2.24, 2.45) is 10.2 Å². The molecule has 3 aromatic carbocycles. The van der Waals surface area contributed by atoms with E-state index < -0.39 is 11.8 Å². The van der Waals surface area contributed by atoms with Crippen molar-refractivity contribution in [2.45, 2.75) is 0 Å². The summed E-state index contributed by atoms with van der Waals surface area (Å²) in [5.41, 5.74) is 6.90. The van der Waals surface area contributed by atoms with E-state index in [1.807, 2.05) is 12.1 Å². The Balaban J connectivity index is 1.56. The molecular formula is C22H16Cl2N4O2. The van der Waals surface area contributed by atoms with Crippen molar-refractivity contribution < 1.29 is 9.59 Å². The van der Waals surface area contributed by atoms with E-state index in [4.69, 9.17) is 23.2 Å². The van der Waals surface area contributed by atoms with E-state index >= 15 is 0 Å². The zero-order chi connectivity index (χ0) is 21.3. The van der Waals surface area contributed by atoms with Crippen LogP contribution in [-0.4, -0.2) is 24.2 Å². The van der Waals surface area contributed by atoms with E-state index in [2.05, 4.69) is 21.1 Å². The van der Waals surface area contributed by atoms with Crippen LogP contribution in [0.25, 0.3) is 0 Å². The largest absolute Gasteiger partial charge is 0.271 e. The molecule has 0 unspecified atom stereocenters. The SMILES string of the molecule is O=C(N/N=C/c1ccccc1Cl)c1ccc(C(=O)N/N=C/c2ccccc2Cl)cc1. The number of halogens is 2. The van der Waals surface area contributed by atoms with E-state index in [0.717, 1.165) is 0 Å². The molecule has 150 valence electrons. The van der Waals surface area contributed by atoms with Crippen LogP contribution in [0.1, 0.15) is 31.8 Å². The first kappa shape index (κ1) is 21.2. The lowest BCUT2D eigenvalue weighted by molar-refractivity contribution is 0.0943. The highest BCUT2D eigenvalue weighted by molar-refractivity contribution is 6.33.